The number of nitrogens with two attached hydrogens (primary N) is 1. The molecule has 2 aromatic carbocycles. The normalized spacial score (nSPS) is 16.0. The van der Waals surface area contributed by atoms with Gasteiger partial charge in [-0.2, -0.15) is 5.10 Å². The van der Waals surface area contributed by atoms with Crippen molar-refractivity contribution in [2.75, 3.05) is 18.4 Å². The zero-order chi connectivity index (χ0) is 21.8. The molecule has 1 aliphatic heterocycles. The number of H-pyrrole nitrogens is 1. The molecule has 0 saturated carbocycles. The Bertz CT molecular complexity index is 1100. The van der Waals surface area contributed by atoms with Crippen LogP contribution in [0, 0.1) is 5.82 Å². The second kappa shape index (κ2) is 8.86. The molecule has 0 aliphatic carbocycles. The van der Waals surface area contributed by atoms with Gasteiger partial charge >= 0.3 is 6.03 Å². The first-order chi connectivity index (χ1) is 15.0. The number of urea groups is 1. The lowest BCUT2D eigenvalue weighted by molar-refractivity contribution is 0.0995. The number of carbonyl (C=O) groups is 2. The lowest BCUT2D eigenvalue weighted by Gasteiger charge is -2.32. The number of ether oxygens (including phenoxy) is 1. The number of likely N-dealkylation sites (tertiary alicyclic amines) is 1. The Morgan fingerprint density at radius 2 is 2.03 bits per heavy atom. The van der Waals surface area contributed by atoms with Crippen molar-refractivity contribution < 1.29 is 18.7 Å². The van der Waals surface area contributed by atoms with Crippen LogP contribution < -0.4 is 15.8 Å². The quantitative estimate of drug-likeness (QED) is 0.578. The molecule has 9 heteroatoms. The first-order valence-corrected chi connectivity index (χ1v) is 9.93. The van der Waals surface area contributed by atoms with Crippen LogP contribution in [0.5, 0.6) is 11.5 Å². The second-order valence-electron chi connectivity index (χ2n) is 7.34. The number of rotatable bonds is 5. The molecule has 1 unspecified atom stereocenters. The summed E-state index contributed by atoms with van der Waals surface area (Å²) in [6.07, 6.45) is 1.67. The molecule has 8 nitrogen and oxygen atoms in total. The number of anilines is 1. The van der Waals surface area contributed by atoms with E-state index in [1.165, 1.54) is 12.1 Å². The van der Waals surface area contributed by atoms with E-state index in [0.29, 0.717) is 30.3 Å². The summed E-state index contributed by atoms with van der Waals surface area (Å²) in [4.78, 5) is 25.9. The summed E-state index contributed by atoms with van der Waals surface area (Å²) in [6, 6.07) is 14.2. The molecule has 160 valence electrons. The number of benzene rings is 2. The molecule has 3 aromatic rings. The van der Waals surface area contributed by atoms with Crippen LogP contribution in [0.2, 0.25) is 0 Å². The lowest BCUT2D eigenvalue weighted by Crippen LogP contribution is -2.41. The van der Waals surface area contributed by atoms with Crippen LogP contribution in [0.15, 0.2) is 54.6 Å². The van der Waals surface area contributed by atoms with Gasteiger partial charge in [0.25, 0.3) is 5.91 Å². The Kier molecular flexibility index (Phi) is 5.83. The van der Waals surface area contributed by atoms with E-state index in [1.54, 1.807) is 47.4 Å². The maximum absolute atomic E-state index is 13.5. The minimum Gasteiger partial charge on any atom is -0.455 e. The summed E-state index contributed by atoms with van der Waals surface area (Å²) < 4.78 is 19.2. The number of aromatic nitrogens is 2. The van der Waals surface area contributed by atoms with Crippen LogP contribution in [0.4, 0.5) is 14.9 Å². The van der Waals surface area contributed by atoms with Gasteiger partial charge in [-0.3, -0.25) is 9.89 Å². The van der Waals surface area contributed by atoms with E-state index in [0.717, 1.165) is 18.5 Å². The highest BCUT2D eigenvalue weighted by Gasteiger charge is 2.27. The molecule has 4 N–H and O–H groups in total. The monoisotopic (exact) mass is 423 g/mol. The number of carbonyl (C=O) groups excluding carboxylic acids is 2. The molecule has 31 heavy (non-hydrogen) atoms. The van der Waals surface area contributed by atoms with Gasteiger partial charge in [0, 0.05) is 30.8 Å². The molecule has 1 aromatic heterocycles. The SMILES string of the molecule is NC(=O)c1cc(C2CCCN(C(=O)Nc3ccccc3Oc3cccc(F)c3)C2)[nH]n1. The van der Waals surface area contributed by atoms with E-state index in [4.69, 9.17) is 10.5 Å². The number of para-hydroxylation sites is 2. The molecular formula is C22H22FN5O3. The largest absolute Gasteiger partial charge is 0.455 e. The molecule has 0 spiro atoms. The smallest absolute Gasteiger partial charge is 0.321 e. The fourth-order valence-electron chi connectivity index (χ4n) is 3.60. The average molecular weight is 423 g/mol. The molecule has 3 amide bonds. The molecule has 1 fully saturated rings. The van der Waals surface area contributed by atoms with Gasteiger partial charge in [0.15, 0.2) is 5.75 Å². The third kappa shape index (κ3) is 4.82. The second-order valence-corrected chi connectivity index (χ2v) is 7.34. The number of primary amides is 1. The maximum Gasteiger partial charge on any atom is 0.321 e. The van der Waals surface area contributed by atoms with E-state index in [9.17, 15) is 14.0 Å². The molecule has 0 radical (unpaired) electrons. The first kappa shape index (κ1) is 20.4. The summed E-state index contributed by atoms with van der Waals surface area (Å²) in [7, 11) is 0. The lowest BCUT2D eigenvalue weighted by atomic mass is 9.95. The third-order valence-corrected chi connectivity index (χ3v) is 5.15. The molecule has 2 heterocycles. The average Bonchev–Trinajstić information content (AvgIpc) is 3.26. The number of aromatic amines is 1. The fourth-order valence-corrected chi connectivity index (χ4v) is 3.60. The van der Waals surface area contributed by atoms with Gasteiger partial charge in [-0.1, -0.05) is 18.2 Å². The van der Waals surface area contributed by atoms with Gasteiger partial charge < -0.3 is 20.7 Å². The summed E-state index contributed by atoms with van der Waals surface area (Å²) >= 11 is 0. The van der Waals surface area contributed by atoms with Crippen molar-refractivity contribution in [3.8, 4) is 11.5 Å². The van der Waals surface area contributed by atoms with Crippen molar-refractivity contribution in [1.29, 1.82) is 0 Å². The van der Waals surface area contributed by atoms with Crippen LogP contribution in [0.3, 0.4) is 0 Å². The topological polar surface area (TPSA) is 113 Å². The molecule has 4 rings (SSSR count). The first-order valence-electron chi connectivity index (χ1n) is 9.93. The predicted octanol–water partition coefficient (Wildman–Crippen LogP) is 3.85. The standard InChI is InChI=1S/C22H22FN5O3/c23-15-6-3-7-16(11-15)31-20-9-2-1-8-17(20)25-22(30)28-10-4-5-14(13-28)18-12-19(21(24)29)27-26-18/h1-3,6-9,11-12,14H,4-5,10,13H2,(H2,24,29)(H,25,30)(H,26,27). The van der Waals surface area contributed by atoms with Gasteiger partial charge in [-0.15, -0.1) is 0 Å². The number of hydrogen-bond acceptors (Lipinski definition) is 4. The zero-order valence-corrected chi connectivity index (χ0v) is 16.7. The molecule has 0 bridgehead atoms. The summed E-state index contributed by atoms with van der Waals surface area (Å²) in [5, 5.41) is 9.65. The number of hydrogen-bond donors (Lipinski definition) is 3. The number of halogens is 1. The molecule has 1 atom stereocenters. The van der Waals surface area contributed by atoms with Crippen LogP contribution in [-0.2, 0) is 0 Å². The number of amides is 3. The van der Waals surface area contributed by atoms with Crippen molar-refractivity contribution in [1.82, 2.24) is 15.1 Å². The van der Waals surface area contributed by atoms with Gasteiger partial charge in [0.1, 0.15) is 17.3 Å². The highest BCUT2D eigenvalue weighted by molar-refractivity contribution is 5.91. The number of piperidine rings is 1. The van der Waals surface area contributed by atoms with Crippen molar-refractivity contribution in [2.45, 2.75) is 18.8 Å². The Morgan fingerprint density at radius 1 is 1.19 bits per heavy atom. The minimum atomic E-state index is -0.595. The fraction of sp³-hybridized carbons (Fsp3) is 0.227. The number of nitrogens with zero attached hydrogens (tertiary/aromatic N) is 2. The van der Waals surface area contributed by atoms with E-state index in [1.807, 2.05) is 0 Å². The number of nitrogens with one attached hydrogen (secondary N) is 2. The summed E-state index contributed by atoms with van der Waals surface area (Å²) in [6.45, 7) is 1.07. The van der Waals surface area contributed by atoms with Crippen LogP contribution in [0.1, 0.15) is 34.9 Å². The van der Waals surface area contributed by atoms with Gasteiger partial charge in [-0.05, 0) is 43.2 Å². The predicted molar refractivity (Wildman–Crippen MR) is 113 cm³/mol. The Labute approximate surface area is 178 Å². The Balaban J connectivity index is 1.45. The highest BCUT2D eigenvalue weighted by atomic mass is 19.1. The summed E-state index contributed by atoms with van der Waals surface area (Å²) in [5.74, 6) is -0.225. The molecular weight excluding hydrogens is 401 g/mol. The van der Waals surface area contributed by atoms with E-state index in [-0.39, 0.29) is 17.6 Å². The van der Waals surface area contributed by atoms with Crippen molar-refractivity contribution in [3.63, 3.8) is 0 Å². The Hall–Kier alpha value is -3.88. The van der Waals surface area contributed by atoms with Crippen molar-refractivity contribution in [3.05, 3.63) is 71.8 Å². The van der Waals surface area contributed by atoms with Gasteiger partial charge in [-0.25, -0.2) is 9.18 Å². The van der Waals surface area contributed by atoms with Crippen LogP contribution in [-0.4, -0.2) is 40.1 Å². The zero-order valence-electron chi connectivity index (χ0n) is 16.7. The molecule has 1 aliphatic rings. The van der Waals surface area contributed by atoms with E-state index < -0.39 is 11.7 Å². The third-order valence-electron chi connectivity index (χ3n) is 5.15. The Morgan fingerprint density at radius 3 is 2.81 bits per heavy atom. The van der Waals surface area contributed by atoms with Gasteiger partial charge in [0.05, 0.1) is 5.69 Å². The highest BCUT2D eigenvalue weighted by Crippen LogP contribution is 2.31. The van der Waals surface area contributed by atoms with E-state index in [2.05, 4.69) is 15.5 Å². The minimum absolute atomic E-state index is 0.0267. The van der Waals surface area contributed by atoms with Crippen LogP contribution in [0.25, 0.3) is 0 Å². The van der Waals surface area contributed by atoms with Gasteiger partial charge in [0.2, 0.25) is 0 Å². The van der Waals surface area contributed by atoms with Crippen LogP contribution >= 0.6 is 0 Å². The maximum atomic E-state index is 13.5. The molecule has 1 saturated heterocycles. The van der Waals surface area contributed by atoms with Crippen molar-refractivity contribution >= 4 is 17.6 Å². The summed E-state index contributed by atoms with van der Waals surface area (Å²) in [5.41, 5.74) is 6.71. The van der Waals surface area contributed by atoms with Crippen molar-refractivity contribution in [2.24, 2.45) is 5.73 Å². The van der Waals surface area contributed by atoms with E-state index >= 15 is 0 Å².